The molecule has 2 aromatic heterocycles. The van der Waals surface area contributed by atoms with Gasteiger partial charge in [-0.3, -0.25) is 0 Å². The van der Waals surface area contributed by atoms with Crippen molar-refractivity contribution in [3.8, 4) is 112 Å². The van der Waals surface area contributed by atoms with Crippen LogP contribution in [0.15, 0.2) is 522 Å². The summed E-state index contributed by atoms with van der Waals surface area (Å²) in [6, 6.07) is 197. The van der Waals surface area contributed by atoms with Crippen molar-refractivity contribution in [3.05, 3.63) is 566 Å². The van der Waals surface area contributed by atoms with Crippen LogP contribution in [-0.2, 0) is 10.8 Å². The Morgan fingerprint density at radius 3 is 1.04 bits per heavy atom. The van der Waals surface area contributed by atoms with Crippen molar-refractivity contribution >= 4 is 121 Å². The summed E-state index contributed by atoms with van der Waals surface area (Å²) in [6.07, 6.45) is 0. The fourth-order valence-corrected chi connectivity index (χ4v) is 25.6. The summed E-state index contributed by atoms with van der Waals surface area (Å²) in [6.45, 7) is 0. The van der Waals surface area contributed by atoms with Crippen LogP contribution in [0.2, 0.25) is 0 Å². The molecule has 4 nitrogen and oxygen atoms in total. The second-order valence-electron chi connectivity index (χ2n) is 38.8. The van der Waals surface area contributed by atoms with E-state index in [1.807, 2.05) is 0 Å². The molecular formula is C138H86N4. The van der Waals surface area contributed by atoms with E-state index in [9.17, 15) is 0 Å². The minimum atomic E-state index is -0.680. The molecule has 0 saturated carbocycles. The third kappa shape index (κ3) is 11.6. The molecule has 26 aromatic rings. The molecule has 0 bridgehead atoms. The van der Waals surface area contributed by atoms with Crippen LogP contribution >= 0.6 is 0 Å². The van der Waals surface area contributed by atoms with E-state index in [0.717, 1.165) is 89.8 Å². The van der Waals surface area contributed by atoms with Gasteiger partial charge in [0.2, 0.25) is 0 Å². The van der Waals surface area contributed by atoms with E-state index in [0.29, 0.717) is 0 Å². The number of hydrogen-bond donors (Lipinski definition) is 0. The summed E-state index contributed by atoms with van der Waals surface area (Å²) in [5, 5.41) is 14.4. The van der Waals surface area contributed by atoms with Gasteiger partial charge in [-0.1, -0.05) is 394 Å². The number of aromatic nitrogens is 2. The first kappa shape index (κ1) is 79.7. The Hall–Kier alpha value is -18.5. The van der Waals surface area contributed by atoms with E-state index < -0.39 is 10.8 Å². The standard InChI is InChI=1S/C138H86N4/c1-2-31-97-81-103(71-63-87(97)27-1)139(104-72-75-115-114-46-13-17-51-123(114)137(127(115)85-104)121-49-15-9-42-110(121)111-43-10-16-50-122(111)137)101-67-59-88(60-68-101)93-35-21-38-96(79-93)99-66-78-134-120(83-99)117-74-64-100(84-135(117)142(134)131-58-25-34-92-30-5-8-41-108(92)131)109-48-26-54-126-136(109)118-76-73-105(86-128(118)138(126)124-52-18-11-44-112(124)113-45-12-19-53-125(113)138)140(129-56-23-32-90-28-3-6-39-106(90)129)102-69-61-89(62-70-102)94-36-22-37-95(80-94)98-65-77-133-119(82-98)116-47-14-20-55-132(116)141(133)130-57-24-33-91-29-4-7-40-107(91)130/h1-86H. The lowest BCUT2D eigenvalue weighted by Crippen LogP contribution is -2.26. The van der Waals surface area contributed by atoms with Crippen LogP contribution in [0.1, 0.15) is 44.5 Å². The number of benzene rings is 24. The normalized spacial score (nSPS) is 13.0. The van der Waals surface area contributed by atoms with Gasteiger partial charge in [0, 0.05) is 66.1 Å². The average Bonchev–Trinajstić information content (AvgIpc) is 1.49. The molecule has 30 rings (SSSR count). The van der Waals surface area contributed by atoms with Crippen molar-refractivity contribution in [1.29, 1.82) is 0 Å². The van der Waals surface area contributed by atoms with Crippen LogP contribution in [-0.4, -0.2) is 9.13 Å². The van der Waals surface area contributed by atoms with Gasteiger partial charge in [-0.2, -0.15) is 0 Å². The van der Waals surface area contributed by atoms with E-state index >= 15 is 0 Å². The van der Waals surface area contributed by atoms with Crippen molar-refractivity contribution in [2.24, 2.45) is 0 Å². The molecule has 0 atom stereocenters. The van der Waals surface area contributed by atoms with Crippen molar-refractivity contribution in [3.63, 3.8) is 0 Å². The topological polar surface area (TPSA) is 16.3 Å². The third-order valence-electron chi connectivity index (χ3n) is 31.7. The van der Waals surface area contributed by atoms with Crippen LogP contribution in [0.25, 0.3) is 198 Å². The van der Waals surface area contributed by atoms with E-state index in [2.05, 4.69) is 541 Å². The highest BCUT2D eigenvalue weighted by atomic mass is 15.2. The highest BCUT2D eigenvalue weighted by Gasteiger charge is 2.54. The SMILES string of the molecule is c1cc(-c2ccc(N(c3ccc4c(c3)C3(c5ccccc5-c5ccccc53)c3cccc(-c5ccc6c7cc(-c8cccc(-c9ccc(N(c%10ccc%11c(c%10)C%10(c%12ccccc%12-c%12ccccc%12%10)c%10ccccc%10-%11)c%10ccc%11ccccc%11c%10)cc9)c8)ccc7n(-c7cccc8ccccc78)c6c5)c3-4)c3cccc4ccccc34)cc2)cc(-c2ccc3c(c2)c2ccccc2n3-c2cccc3ccccc23)c1. The zero-order chi connectivity index (χ0) is 93.0. The van der Waals surface area contributed by atoms with Gasteiger partial charge >= 0.3 is 0 Å². The molecule has 0 saturated heterocycles. The number of anilines is 6. The van der Waals surface area contributed by atoms with Crippen molar-refractivity contribution in [2.75, 3.05) is 9.80 Å². The second-order valence-corrected chi connectivity index (χ2v) is 38.8. The Morgan fingerprint density at radius 1 is 0.148 bits per heavy atom. The minimum absolute atomic E-state index is 0.484. The lowest BCUT2D eigenvalue weighted by Gasteiger charge is -2.32. The molecule has 658 valence electrons. The zero-order valence-electron chi connectivity index (χ0n) is 77.4. The van der Waals surface area contributed by atoms with Crippen LogP contribution in [0, 0.1) is 0 Å². The molecule has 0 unspecified atom stereocenters. The van der Waals surface area contributed by atoms with Gasteiger partial charge in [0.05, 0.1) is 50.0 Å². The molecule has 2 spiro atoms. The Labute approximate surface area is 822 Å². The second kappa shape index (κ2) is 31.0. The maximum Gasteiger partial charge on any atom is 0.0726 e. The summed E-state index contributed by atoms with van der Waals surface area (Å²) in [5.41, 5.74) is 44.5. The maximum atomic E-state index is 2.55. The first-order valence-electron chi connectivity index (χ1n) is 49.4. The van der Waals surface area contributed by atoms with E-state index in [4.69, 9.17) is 0 Å². The first-order valence-corrected chi connectivity index (χ1v) is 49.4. The monoisotopic (exact) mass is 1800 g/mol. The Balaban J connectivity index is 0.530. The van der Waals surface area contributed by atoms with Gasteiger partial charge < -0.3 is 18.9 Å². The summed E-state index contributed by atoms with van der Waals surface area (Å²) < 4.78 is 4.99. The van der Waals surface area contributed by atoms with Gasteiger partial charge in [-0.25, -0.2) is 0 Å². The lowest BCUT2D eigenvalue weighted by molar-refractivity contribution is 0.793. The van der Waals surface area contributed by atoms with Crippen LogP contribution in [0.4, 0.5) is 34.1 Å². The lowest BCUT2D eigenvalue weighted by atomic mass is 9.70. The smallest absolute Gasteiger partial charge is 0.0726 e. The molecule has 0 radical (unpaired) electrons. The Kier molecular flexibility index (Phi) is 17.4. The predicted octanol–water partition coefficient (Wildman–Crippen LogP) is 36.5. The zero-order valence-corrected chi connectivity index (χ0v) is 77.4. The molecule has 0 fully saturated rings. The molecular weight excluding hydrogens is 1710 g/mol. The summed E-state index contributed by atoms with van der Waals surface area (Å²) in [4.78, 5) is 4.97. The van der Waals surface area contributed by atoms with E-state index in [-0.39, 0.29) is 0 Å². The predicted molar refractivity (Wildman–Crippen MR) is 594 cm³/mol. The maximum absolute atomic E-state index is 2.55. The minimum Gasteiger partial charge on any atom is -0.310 e. The summed E-state index contributed by atoms with van der Waals surface area (Å²) in [5.74, 6) is 0. The molecule has 0 amide bonds. The van der Waals surface area contributed by atoms with Gasteiger partial charge in [0.25, 0.3) is 0 Å². The molecule has 0 aliphatic heterocycles. The number of rotatable bonds is 13. The van der Waals surface area contributed by atoms with E-state index in [1.54, 1.807) is 0 Å². The van der Waals surface area contributed by atoms with Gasteiger partial charge in [0.15, 0.2) is 0 Å². The Morgan fingerprint density at radius 2 is 0.486 bits per heavy atom. The first-order chi connectivity index (χ1) is 70.4. The fraction of sp³-hybridized carbons (Fsp3) is 0.0145. The van der Waals surface area contributed by atoms with Gasteiger partial charge in [0.1, 0.15) is 0 Å². The number of fused-ring (bicyclic) bond motifs is 30. The Bertz CT molecular complexity index is 9720. The molecule has 0 N–H and O–H groups in total. The molecule has 2 heterocycles. The van der Waals surface area contributed by atoms with Crippen LogP contribution < -0.4 is 9.80 Å². The summed E-state index contributed by atoms with van der Waals surface area (Å²) in [7, 11) is 0. The number of para-hydroxylation sites is 1. The number of hydrogen-bond acceptors (Lipinski definition) is 2. The highest BCUT2D eigenvalue weighted by molar-refractivity contribution is 6.16. The molecule has 4 aliphatic rings. The van der Waals surface area contributed by atoms with Crippen molar-refractivity contribution in [2.45, 2.75) is 10.8 Å². The number of nitrogens with zero attached hydrogens (tertiary/aromatic N) is 4. The van der Waals surface area contributed by atoms with Crippen LogP contribution in [0.3, 0.4) is 0 Å². The molecule has 4 heteroatoms. The third-order valence-corrected chi connectivity index (χ3v) is 31.7. The molecule has 142 heavy (non-hydrogen) atoms. The van der Waals surface area contributed by atoms with Gasteiger partial charge in [-0.05, 0) is 299 Å². The van der Waals surface area contributed by atoms with Crippen molar-refractivity contribution < 1.29 is 0 Å². The van der Waals surface area contributed by atoms with Crippen LogP contribution in [0.5, 0.6) is 0 Å². The summed E-state index contributed by atoms with van der Waals surface area (Å²) >= 11 is 0. The molecule has 24 aromatic carbocycles. The van der Waals surface area contributed by atoms with E-state index in [1.165, 1.54) is 187 Å². The molecule has 4 aliphatic carbocycles. The van der Waals surface area contributed by atoms with Gasteiger partial charge in [-0.15, -0.1) is 0 Å². The fourth-order valence-electron chi connectivity index (χ4n) is 25.6. The van der Waals surface area contributed by atoms with Crippen molar-refractivity contribution in [1.82, 2.24) is 9.13 Å². The largest absolute Gasteiger partial charge is 0.310 e. The highest BCUT2D eigenvalue weighted by Crippen LogP contribution is 2.67. The quantitative estimate of drug-likeness (QED) is 0.114. The average molecular weight is 1800 g/mol.